The molecule has 2 heterocycles. The highest BCUT2D eigenvalue weighted by Crippen LogP contribution is 2.21. The minimum Gasteiger partial charge on any atom is -0.388 e. The van der Waals surface area contributed by atoms with Gasteiger partial charge in [0.05, 0.1) is 11.1 Å². The first kappa shape index (κ1) is 11.6. The lowest BCUT2D eigenvalue weighted by Crippen LogP contribution is -2.47. The van der Waals surface area contributed by atoms with Gasteiger partial charge in [-0.1, -0.05) is 24.3 Å². The van der Waals surface area contributed by atoms with E-state index in [4.69, 9.17) is 0 Å². The van der Waals surface area contributed by atoms with Crippen LogP contribution in [0.25, 0.3) is 10.9 Å². The summed E-state index contributed by atoms with van der Waals surface area (Å²) in [5.41, 5.74) is 1.34. The summed E-state index contributed by atoms with van der Waals surface area (Å²) in [4.78, 5) is 4.63. The molecule has 0 spiro atoms. The van der Waals surface area contributed by atoms with Crippen LogP contribution >= 0.6 is 0 Å². The molecule has 1 aliphatic heterocycles. The van der Waals surface area contributed by atoms with Gasteiger partial charge in [0.2, 0.25) is 0 Å². The Morgan fingerprint density at radius 2 is 2.11 bits per heavy atom. The van der Waals surface area contributed by atoms with E-state index in [9.17, 15) is 5.11 Å². The number of aliphatic hydroxyl groups is 1. The highest BCUT2D eigenvalue weighted by molar-refractivity contribution is 5.78. The summed E-state index contributed by atoms with van der Waals surface area (Å²) < 4.78 is 0. The first-order chi connectivity index (χ1) is 8.75. The summed E-state index contributed by atoms with van der Waals surface area (Å²) in [5, 5.41) is 14.9. The predicted octanol–water partition coefficient (Wildman–Crippen LogP) is 1.89. The molecule has 0 bridgehead atoms. The number of nitrogens with one attached hydrogen (secondary N) is 1. The molecular formula is C15H18N2O. The maximum absolute atomic E-state index is 10.5. The van der Waals surface area contributed by atoms with Gasteiger partial charge >= 0.3 is 0 Å². The van der Waals surface area contributed by atoms with Gasteiger partial charge in [0.1, 0.15) is 0 Å². The molecule has 1 aromatic carbocycles. The number of piperidine rings is 1. The molecule has 0 radical (unpaired) electrons. The molecule has 0 saturated carbocycles. The number of para-hydroxylation sites is 1. The van der Waals surface area contributed by atoms with Crippen LogP contribution in [0, 0.1) is 0 Å². The van der Waals surface area contributed by atoms with Crippen LogP contribution in [0.5, 0.6) is 0 Å². The lowest BCUT2D eigenvalue weighted by molar-refractivity contribution is 0.0162. The number of β-amino-alcohol motifs (C(OH)–C–C–N with tert-alkyl or cyclic N) is 1. The van der Waals surface area contributed by atoms with E-state index in [2.05, 4.69) is 22.4 Å². The van der Waals surface area contributed by atoms with Crippen molar-refractivity contribution in [2.24, 2.45) is 0 Å². The molecular weight excluding hydrogens is 224 g/mol. The third-order valence-electron chi connectivity index (χ3n) is 3.62. The normalized spacial score (nSPS) is 24.3. The number of hydrogen-bond donors (Lipinski definition) is 2. The minimum absolute atomic E-state index is 0.630. The Balaban J connectivity index is 1.85. The van der Waals surface area contributed by atoms with Crippen molar-refractivity contribution in [3.05, 3.63) is 42.1 Å². The molecule has 3 heteroatoms. The zero-order valence-electron chi connectivity index (χ0n) is 10.4. The number of rotatable bonds is 2. The molecule has 1 atom stereocenters. The van der Waals surface area contributed by atoms with E-state index in [0.29, 0.717) is 13.0 Å². The quantitative estimate of drug-likeness (QED) is 0.845. The first-order valence-electron chi connectivity index (χ1n) is 6.53. The monoisotopic (exact) mass is 242 g/mol. The average Bonchev–Trinajstić information content (AvgIpc) is 2.39. The summed E-state index contributed by atoms with van der Waals surface area (Å²) in [6.07, 6.45) is 2.52. The molecule has 0 aliphatic carbocycles. The van der Waals surface area contributed by atoms with Crippen LogP contribution in [0.2, 0.25) is 0 Å². The van der Waals surface area contributed by atoms with Gasteiger partial charge in [0.15, 0.2) is 0 Å². The van der Waals surface area contributed by atoms with Crippen molar-refractivity contribution < 1.29 is 5.11 Å². The molecule has 1 saturated heterocycles. The molecule has 1 aromatic heterocycles. The smallest absolute Gasteiger partial charge is 0.0827 e. The number of aromatic nitrogens is 1. The molecule has 2 aromatic rings. The van der Waals surface area contributed by atoms with Crippen molar-refractivity contribution >= 4 is 10.9 Å². The summed E-state index contributed by atoms with van der Waals surface area (Å²) in [6.45, 7) is 1.68. The van der Waals surface area contributed by atoms with Crippen LogP contribution in [0.3, 0.4) is 0 Å². The zero-order chi connectivity index (χ0) is 12.4. The largest absolute Gasteiger partial charge is 0.388 e. The zero-order valence-corrected chi connectivity index (χ0v) is 10.4. The van der Waals surface area contributed by atoms with Gasteiger partial charge in [-0.15, -0.1) is 0 Å². The Kier molecular flexibility index (Phi) is 3.02. The average molecular weight is 242 g/mol. The van der Waals surface area contributed by atoms with Gasteiger partial charge in [0.25, 0.3) is 0 Å². The van der Waals surface area contributed by atoms with E-state index in [-0.39, 0.29) is 0 Å². The molecule has 1 fully saturated rings. The third kappa shape index (κ3) is 2.37. The number of hydrogen-bond acceptors (Lipinski definition) is 3. The fourth-order valence-electron chi connectivity index (χ4n) is 2.65. The lowest BCUT2D eigenvalue weighted by atomic mass is 9.89. The Hall–Kier alpha value is -1.45. The van der Waals surface area contributed by atoms with Crippen molar-refractivity contribution in [3.63, 3.8) is 0 Å². The van der Waals surface area contributed by atoms with Crippen molar-refractivity contribution in [1.29, 1.82) is 0 Å². The molecule has 0 amide bonds. The van der Waals surface area contributed by atoms with E-state index in [1.54, 1.807) is 0 Å². The number of benzene rings is 1. The Labute approximate surface area is 107 Å². The SMILES string of the molecule is OC1(Cc2ccc3ccccc3n2)CCCNC1. The minimum atomic E-state index is -0.631. The predicted molar refractivity (Wildman–Crippen MR) is 72.5 cm³/mol. The topological polar surface area (TPSA) is 45.2 Å². The van der Waals surface area contributed by atoms with Crippen LogP contribution in [0.15, 0.2) is 36.4 Å². The molecule has 2 N–H and O–H groups in total. The van der Waals surface area contributed by atoms with E-state index < -0.39 is 5.60 Å². The van der Waals surface area contributed by atoms with Gasteiger partial charge in [-0.2, -0.15) is 0 Å². The fourth-order valence-corrected chi connectivity index (χ4v) is 2.65. The Bertz CT molecular complexity index is 547. The maximum Gasteiger partial charge on any atom is 0.0827 e. The van der Waals surface area contributed by atoms with Crippen LogP contribution in [0.1, 0.15) is 18.5 Å². The number of fused-ring (bicyclic) bond motifs is 1. The molecule has 1 unspecified atom stereocenters. The van der Waals surface area contributed by atoms with E-state index in [1.807, 2.05) is 24.3 Å². The molecule has 1 aliphatic rings. The van der Waals surface area contributed by atoms with Gasteiger partial charge in [-0.25, -0.2) is 0 Å². The molecule has 94 valence electrons. The van der Waals surface area contributed by atoms with Gasteiger partial charge in [-0.05, 0) is 31.5 Å². The van der Waals surface area contributed by atoms with Crippen molar-refractivity contribution in [2.75, 3.05) is 13.1 Å². The number of nitrogens with zero attached hydrogens (tertiary/aromatic N) is 1. The molecule has 18 heavy (non-hydrogen) atoms. The van der Waals surface area contributed by atoms with Gasteiger partial charge in [0, 0.05) is 24.0 Å². The van der Waals surface area contributed by atoms with E-state index >= 15 is 0 Å². The lowest BCUT2D eigenvalue weighted by Gasteiger charge is -2.32. The number of pyridine rings is 1. The molecule has 3 nitrogen and oxygen atoms in total. The maximum atomic E-state index is 10.5. The third-order valence-corrected chi connectivity index (χ3v) is 3.62. The highest BCUT2D eigenvalue weighted by atomic mass is 16.3. The Morgan fingerprint density at radius 1 is 1.22 bits per heavy atom. The second-order valence-electron chi connectivity index (χ2n) is 5.18. The second-order valence-corrected chi connectivity index (χ2v) is 5.18. The van der Waals surface area contributed by atoms with Crippen molar-refractivity contribution in [3.8, 4) is 0 Å². The first-order valence-corrected chi connectivity index (χ1v) is 6.53. The van der Waals surface area contributed by atoms with Crippen molar-refractivity contribution in [1.82, 2.24) is 10.3 Å². The second kappa shape index (κ2) is 4.67. The standard InChI is InChI=1S/C15H18N2O/c18-15(8-3-9-16-11-15)10-13-7-6-12-4-1-2-5-14(12)17-13/h1-2,4-7,16,18H,3,8-11H2. The van der Waals surface area contributed by atoms with Crippen LogP contribution < -0.4 is 5.32 Å². The summed E-state index contributed by atoms with van der Waals surface area (Å²) in [7, 11) is 0. The fraction of sp³-hybridized carbons (Fsp3) is 0.400. The Morgan fingerprint density at radius 3 is 2.94 bits per heavy atom. The van der Waals surface area contributed by atoms with E-state index in [1.165, 1.54) is 0 Å². The highest BCUT2D eigenvalue weighted by Gasteiger charge is 2.29. The van der Waals surface area contributed by atoms with Gasteiger partial charge in [-0.3, -0.25) is 4.98 Å². The van der Waals surface area contributed by atoms with Gasteiger partial charge < -0.3 is 10.4 Å². The summed E-state index contributed by atoms with van der Waals surface area (Å²) in [6, 6.07) is 12.2. The van der Waals surface area contributed by atoms with Crippen LogP contribution in [0.4, 0.5) is 0 Å². The van der Waals surface area contributed by atoms with Crippen LogP contribution in [-0.2, 0) is 6.42 Å². The summed E-state index contributed by atoms with van der Waals surface area (Å²) in [5.74, 6) is 0. The summed E-state index contributed by atoms with van der Waals surface area (Å²) >= 11 is 0. The molecule has 3 rings (SSSR count). The van der Waals surface area contributed by atoms with Crippen LogP contribution in [-0.4, -0.2) is 28.8 Å². The van der Waals surface area contributed by atoms with E-state index in [0.717, 1.165) is 36.0 Å². The van der Waals surface area contributed by atoms with Crippen molar-refractivity contribution in [2.45, 2.75) is 24.9 Å².